The van der Waals surface area contributed by atoms with Crippen molar-refractivity contribution in [2.45, 2.75) is 32.7 Å². The van der Waals surface area contributed by atoms with Crippen molar-refractivity contribution in [3.63, 3.8) is 0 Å². The highest BCUT2D eigenvalue weighted by atomic mass is 19.1. The Labute approximate surface area is 116 Å². The molecule has 1 atom stereocenters. The standard InChI is InChI=1S/C16H25FN2/c1-3-7-16(8-9-18-12-16)13-19(2)11-14-5-4-6-15(17)10-14/h4-6,10,18H,3,7-9,11-13H2,1-2H3. The molecule has 2 nitrogen and oxygen atoms in total. The molecule has 0 saturated carbocycles. The summed E-state index contributed by atoms with van der Waals surface area (Å²) in [5, 5.41) is 3.49. The van der Waals surface area contributed by atoms with Gasteiger partial charge in [-0.1, -0.05) is 25.5 Å². The highest BCUT2D eigenvalue weighted by molar-refractivity contribution is 5.16. The van der Waals surface area contributed by atoms with Gasteiger partial charge in [0.1, 0.15) is 5.82 Å². The van der Waals surface area contributed by atoms with Gasteiger partial charge in [-0.15, -0.1) is 0 Å². The summed E-state index contributed by atoms with van der Waals surface area (Å²) < 4.78 is 13.2. The minimum Gasteiger partial charge on any atom is -0.316 e. The zero-order valence-corrected chi connectivity index (χ0v) is 12.1. The lowest BCUT2D eigenvalue weighted by molar-refractivity contribution is 0.172. The Hall–Kier alpha value is -0.930. The molecule has 0 bridgehead atoms. The van der Waals surface area contributed by atoms with Gasteiger partial charge in [-0.3, -0.25) is 0 Å². The largest absolute Gasteiger partial charge is 0.316 e. The van der Waals surface area contributed by atoms with Gasteiger partial charge in [-0.05, 0) is 49.5 Å². The van der Waals surface area contributed by atoms with Crippen molar-refractivity contribution in [3.05, 3.63) is 35.6 Å². The molecular weight excluding hydrogens is 239 g/mol. The average molecular weight is 264 g/mol. The molecule has 1 unspecified atom stereocenters. The lowest BCUT2D eigenvalue weighted by Crippen LogP contribution is -2.37. The van der Waals surface area contributed by atoms with Crippen LogP contribution in [0.4, 0.5) is 4.39 Å². The minimum atomic E-state index is -0.142. The van der Waals surface area contributed by atoms with Crippen LogP contribution in [0.1, 0.15) is 31.7 Å². The second kappa shape index (κ2) is 6.49. The molecule has 0 aromatic heterocycles. The first kappa shape index (κ1) is 14.5. The van der Waals surface area contributed by atoms with Gasteiger partial charge in [0.25, 0.3) is 0 Å². The molecule has 1 N–H and O–H groups in total. The molecule has 0 aliphatic carbocycles. The van der Waals surface area contributed by atoms with Crippen molar-refractivity contribution >= 4 is 0 Å². The Kier molecular flexibility index (Phi) is 4.94. The third-order valence-electron chi connectivity index (χ3n) is 4.06. The maximum absolute atomic E-state index is 13.2. The second-order valence-electron chi connectivity index (χ2n) is 5.98. The van der Waals surface area contributed by atoms with Gasteiger partial charge >= 0.3 is 0 Å². The van der Waals surface area contributed by atoms with Crippen LogP contribution in [0.15, 0.2) is 24.3 Å². The van der Waals surface area contributed by atoms with Crippen LogP contribution in [0.5, 0.6) is 0 Å². The van der Waals surface area contributed by atoms with Crippen molar-refractivity contribution < 1.29 is 4.39 Å². The third kappa shape index (κ3) is 4.02. The van der Waals surface area contributed by atoms with E-state index < -0.39 is 0 Å². The van der Waals surface area contributed by atoms with Crippen LogP contribution >= 0.6 is 0 Å². The molecule has 0 radical (unpaired) electrons. The van der Waals surface area contributed by atoms with Gasteiger partial charge in [0.2, 0.25) is 0 Å². The van der Waals surface area contributed by atoms with Gasteiger partial charge in [0.05, 0.1) is 0 Å². The van der Waals surface area contributed by atoms with Crippen LogP contribution in [0.2, 0.25) is 0 Å². The van der Waals surface area contributed by atoms with E-state index in [1.807, 2.05) is 6.07 Å². The summed E-state index contributed by atoms with van der Waals surface area (Å²) in [6.07, 6.45) is 3.76. The molecule has 2 rings (SSSR count). The Morgan fingerprint density at radius 3 is 2.89 bits per heavy atom. The summed E-state index contributed by atoms with van der Waals surface area (Å²) in [6.45, 7) is 6.42. The predicted molar refractivity (Wildman–Crippen MR) is 77.6 cm³/mol. The summed E-state index contributed by atoms with van der Waals surface area (Å²) in [5.74, 6) is -0.142. The number of rotatable bonds is 6. The van der Waals surface area contributed by atoms with E-state index in [0.717, 1.165) is 31.7 Å². The summed E-state index contributed by atoms with van der Waals surface area (Å²) in [6, 6.07) is 6.93. The van der Waals surface area contributed by atoms with E-state index in [0.29, 0.717) is 5.41 Å². The van der Waals surface area contributed by atoms with Crippen LogP contribution in [-0.4, -0.2) is 31.6 Å². The molecule has 106 valence electrons. The lowest BCUT2D eigenvalue weighted by Gasteiger charge is -2.33. The summed E-state index contributed by atoms with van der Waals surface area (Å²) in [4.78, 5) is 2.33. The monoisotopic (exact) mass is 264 g/mol. The number of benzene rings is 1. The third-order valence-corrected chi connectivity index (χ3v) is 4.06. The smallest absolute Gasteiger partial charge is 0.123 e. The van der Waals surface area contributed by atoms with Crippen molar-refractivity contribution in [1.82, 2.24) is 10.2 Å². The second-order valence-corrected chi connectivity index (χ2v) is 5.98. The van der Waals surface area contributed by atoms with Crippen LogP contribution in [0, 0.1) is 11.2 Å². The molecule has 19 heavy (non-hydrogen) atoms. The lowest BCUT2D eigenvalue weighted by atomic mass is 9.82. The van der Waals surface area contributed by atoms with E-state index in [2.05, 4.69) is 24.2 Å². The molecule has 1 heterocycles. The van der Waals surface area contributed by atoms with Crippen molar-refractivity contribution in [3.8, 4) is 0 Å². The Morgan fingerprint density at radius 2 is 2.26 bits per heavy atom. The Morgan fingerprint density at radius 1 is 1.42 bits per heavy atom. The van der Waals surface area contributed by atoms with E-state index in [9.17, 15) is 4.39 Å². The van der Waals surface area contributed by atoms with E-state index in [-0.39, 0.29) is 5.82 Å². The van der Waals surface area contributed by atoms with Gasteiger partial charge in [0.15, 0.2) is 0 Å². The van der Waals surface area contributed by atoms with Gasteiger partial charge in [-0.25, -0.2) is 4.39 Å². The van der Waals surface area contributed by atoms with Crippen molar-refractivity contribution in [2.75, 3.05) is 26.7 Å². The van der Waals surface area contributed by atoms with E-state index in [1.54, 1.807) is 12.1 Å². The van der Waals surface area contributed by atoms with Crippen LogP contribution in [0.3, 0.4) is 0 Å². The summed E-state index contributed by atoms with van der Waals surface area (Å²) in [5.41, 5.74) is 1.47. The number of halogens is 1. The number of hydrogen-bond donors (Lipinski definition) is 1. The number of hydrogen-bond acceptors (Lipinski definition) is 2. The number of nitrogens with one attached hydrogen (secondary N) is 1. The van der Waals surface area contributed by atoms with Gasteiger partial charge in [-0.2, -0.15) is 0 Å². The molecule has 1 aliphatic rings. The predicted octanol–water partition coefficient (Wildman–Crippen LogP) is 3.04. The molecule has 0 amide bonds. The zero-order chi connectivity index (χ0) is 13.7. The van der Waals surface area contributed by atoms with Gasteiger partial charge < -0.3 is 10.2 Å². The molecule has 1 aromatic rings. The van der Waals surface area contributed by atoms with E-state index in [1.165, 1.54) is 25.3 Å². The van der Waals surface area contributed by atoms with Crippen LogP contribution < -0.4 is 5.32 Å². The fourth-order valence-electron chi connectivity index (χ4n) is 3.33. The molecular formula is C16H25FN2. The first-order valence-electron chi connectivity index (χ1n) is 7.27. The minimum absolute atomic E-state index is 0.142. The van der Waals surface area contributed by atoms with E-state index >= 15 is 0 Å². The highest BCUT2D eigenvalue weighted by Crippen LogP contribution is 2.32. The van der Waals surface area contributed by atoms with Crippen molar-refractivity contribution in [2.24, 2.45) is 5.41 Å². The van der Waals surface area contributed by atoms with E-state index in [4.69, 9.17) is 0 Å². The SMILES string of the molecule is CCCC1(CN(C)Cc2cccc(F)c2)CCNC1. The maximum atomic E-state index is 13.2. The van der Waals surface area contributed by atoms with Crippen LogP contribution in [0.25, 0.3) is 0 Å². The average Bonchev–Trinajstić information content (AvgIpc) is 2.77. The fourth-order valence-corrected chi connectivity index (χ4v) is 3.33. The maximum Gasteiger partial charge on any atom is 0.123 e. The zero-order valence-electron chi connectivity index (χ0n) is 12.1. The quantitative estimate of drug-likeness (QED) is 0.849. The normalized spacial score (nSPS) is 23.2. The molecule has 3 heteroatoms. The van der Waals surface area contributed by atoms with Crippen molar-refractivity contribution in [1.29, 1.82) is 0 Å². The molecule has 1 saturated heterocycles. The van der Waals surface area contributed by atoms with Crippen LogP contribution in [-0.2, 0) is 6.54 Å². The highest BCUT2D eigenvalue weighted by Gasteiger charge is 2.33. The molecule has 1 fully saturated rings. The summed E-state index contributed by atoms with van der Waals surface area (Å²) in [7, 11) is 2.14. The molecule has 0 spiro atoms. The molecule has 1 aromatic carbocycles. The topological polar surface area (TPSA) is 15.3 Å². The number of nitrogens with zero attached hydrogens (tertiary/aromatic N) is 1. The fraction of sp³-hybridized carbons (Fsp3) is 0.625. The summed E-state index contributed by atoms with van der Waals surface area (Å²) >= 11 is 0. The first-order chi connectivity index (χ1) is 9.13. The van der Waals surface area contributed by atoms with Gasteiger partial charge in [0, 0.05) is 19.6 Å². The Balaban J connectivity index is 1.94. The molecule has 1 aliphatic heterocycles. The Bertz CT molecular complexity index is 399. The first-order valence-corrected chi connectivity index (χ1v) is 7.27.